The van der Waals surface area contributed by atoms with Crippen molar-refractivity contribution in [1.29, 1.82) is 0 Å². The molecular formula is C6H6BrNO. The predicted molar refractivity (Wildman–Crippen MR) is 40.2 cm³/mol. The van der Waals surface area contributed by atoms with E-state index >= 15 is 0 Å². The lowest BCUT2D eigenvalue weighted by atomic mass is 10.3. The van der Waals surface area contributed by atoms with E-state index in [9.17, 15) is 0 Å². The molecule has 0 radical (unpaired) electrons. The van der Waals surface area contributed by atoms with Crippen molar-refractivity contribution in [3.63, 3.8) is 0 Å². The smallest absolute Gasteiger partial charge is 0.129 e. The molecule has 3 N–H and O–H groups in total. The highest BCUT2D eigenvalue weighted by molar-refractivity contribution is 9.10. The quantitative estimate of drug-likeness (QED) is 0.481. The van der Waals surface area contributed by atoms with E-state index in [0.29, 0.717) is 10.2 Å². The van der Waals surface area contributed by atoms with Crippen LogP contribution in [-0.2, 0) is 0 Å². The molecule has 3 heteroatoms. The highest BCUT2D eigenvalue weighted by atomic mass is 79.9. The second kappa shape index (κ2) is 2.27. The summed E-state index contributed by atoms with van der Waals surface area (Å²) in [7, 11) is 0. The Kier molecular flexibility index (Phi) is 1.62. The van der Waals surface area contributed by atoms with Crippen LogP contribution in [0.15, 0.2) is 22.7 Å². The number of phenols is 1. The number of benzene rings is 1. The number of hydrogen-bond acceptors (Lipinski definition) is 2. The lowest BCUT2D eigenvalue weighted by Crippen LogP contribution is -1.82. The van der Waals surface area contributed by atoms with Crippen molar-refractivity contribution in [1.82, 2.24) is 0 Å². The molecule has 0 amide bonds. The summed E-state index contributed by atoms with van der Waals surface area (Å²) < 4.78 is 0.627. The highest BCUT2D eigenvalue weighted by Crippen LogP contribution is 2.24. The van der Waals surface area contributed by atoms with Gasteiger partial charge in [-0.1, -0.05) is 0 Å². The molecule has 0 aliphatic rings. The van der Waals surface area contributed by atoms with Crippen LogP contribution in [0.2, 0.25) is 0 Å². The number of anilines is 1. The summed E-state index contributed by atoms with van der Waals surface area (Å²) in [6.45, 7) is 0. The van der Waals surface area contributed by atoms with Gasteiger partial charge >= 0.3 is 0 Å². The first-order valence-electron chi connectivity index (χ1n) is 2.44. The van der Waals surface area contributed by atoms with Crippen LogP contribution in [0.5, 0.6) is 5.75 Å². The number of phenolic OH excluding ortho intramolecular Hbond substituents is 1. The maximum atomic E-state index is 8.94. The van der Waals surface area contributed by atoms with Gasteiger partial charge in [0.2, 0.25) is 0 Å². The first-order chi connectivity index (χ1) is 4.20. The van der Waals surface area contributed by atoms with Gasteiger partial charge in [0.05, 0.1) is 4.47 Å². The topological polar surface area (TPSA) is 46.2 Å². The molecular weight excluding hydrogens is 182 g/mol. The van der Waals surface area contributed by atoms with E-state index in [1.807, 2.05) is 0 Å². The van der Waals surface area contributed by atoms with E-state index in [1.165, 1.54) is 0 Å². The molecule has 1 rings (SSSR count). The summed E-state index contributed by atoms with van der Waals surface area (Å²) in [5.41, 5.74) is 6.02. The Morgan fingerprint density at radius 3 is 2.56 bits per heavy atom. The molecule has 0 atom stereocenters. The molecule has 0 heterocycles. The van der Waals surface area contributed by atoms with Crippen molar-refractivity contribution >= 4 is 21.6 Å². The summed E-state index contributed by atoms with van der Waals surface area (Å²) in [4.78, 5) is 0. The summed E-state index contributed by atoms with van der Waals surface area (Å²) >= 11 is 3.12. The van der Waals surface area contributed by atoms with Crippen LogP contribution >= 0.6 is 15.9 Å². The number of aromatic hydroxyl groups is 1. The molecule has 0 saturated heterocycles. The van der Waals surface area contributed by atoms with Crippen molar-refractivity contribution in [2.75, 3.05) is 5.73 Å². The first kappa shape index (κ1) is 6.42. The zero-order chi connectivity index (χ0) is 6.85. The van der Waals surface area contributed by atoms with Crippen LogP contribution in [0, 0.1) is 0 Å². The molecule has 48 valence electrons. The lowest BCUT2D eigenvalue weighted by molar-refractivity contribution is 0.472. The van der Waals surface area contributed by atoms with E-state index in [0.717, 1.165) is 0 Å². The van der Waals surface area contributed by atoms with E-state index < -0.39 is 0 Å². The minimum Gasteiger partial charge on any atom is -0.507 e. The third-order valence-electron chi connectivity index (χ3n) is 0.972. The number of rotatable bonds is 0. The van der Waals surface area contributed by atoms with Crippen LogP contribution in [0.3, 0.4) is 0 Å². The zero-order valence-corrected chi connectivity index (χ0v) is 6.22. The monoisotopic (exact) mass is 187 g/mol. The molecule has 9 heavy (non-hydrogen) atoms. The van der Waals surface area contributed by atoms with E-state index in [2.05, 4.69) is 15.9 Å². The van der Waals surface area contributed by atoms with Gasteiger partial charge in [-0.2, -0.15) is 0 Å². The highest BCUT2D eigenvalue weighted by Gasteiger charge is 1.94. The zero-order valence-electron chi connectivity index (χ0n) is 4.63. The van der Waals surface area contributed by atoms with Crippen LogP contribution in [0.4, 0.5) is 5.69 Å². The van der Waals surface area contributed by atoms with E-state index in [1.54, 1.807) is 18.2 Å². The number of nitrogen functional groups attached to an aromatic ring is 1. The van der Waals surface area contributed by atoms with Gasteiger partial charge in [0.15, 0.2) is 0 Å². The third kappa shape index (κ3) is 1.36. The standard InChI is InChI=1S/C6H6BrNO/c7-5-3-4(8)1-2-6(5)9/h1-3,9H,8H2. The van der Waals surface area contributed by atoms with Crippen LogP contribution in [0.25, 0.3) is 0 Å². The largest absolute Gasteiger partial charge is 0.507 e. The van der Waals surface area contributed by atoms with Crippen LogP contribution in [-0.4, -0.2) is 5.11 Å². The minimum absolute atomic E-state index is 0.212. The van der Waals surface area contributed by atoms with Crippen molar-refractivity contribution in [3.8, 4) is 5.75 Å². The van der Waals surface area contributed by atoms with Gasteiger partial charge in [0.1, 0.15) is 5.75 Å². The van der Waals surface area contributed by atoms with Gasteiger partial charge in [-0.3, -0.25) is 0 Å². The molecule has 0 bridgehead atoms. The van der Waals surface area contributed by atoms with Crippen LogP contribution in [0.1, 0.15) is 0 Å². The molecule has 1 aromatic rings. The predicted octanol–water partition coefficient (Wildman–Crippen LogP) is 1.74. The second-order valence-electron chi connectivity index (χ2n) is 1.71. The average Bonchev–Trinajstić information content (AvgIpc) is 1.80. The molecule has 0 spiro atoms. The van der Waals surface area contributed by atoms with Gasteiger partial charge in [-0.05, 0) is 34.1 Å². The summed E-state index contributed by atoms with van der Waals surface area (Å²) in [5, 5.41) is 8.94. The maximum Gasteiger partial charge on any atom is 0.129 e. The second-order valence-corrected chi connectivity index (χ2v) is 2.57. The Morgan fingerprint density at radius 1 is 1.44 bits per heavy atom. The fourth-order valence-corrected chi connectivity index (χ4v) is 0.920. The van der Waals surface area contributed by atoms with Gasteiger partial charge < -0.3 is 10.8 Å². The number of halogens is 1. The Labute approximate surface area is 61.4 Å². The number of nitrogens with two attached hydrogens (primary N) is 1. The maximum absolute atomic E-state index is 8.94. The average molecular weight is 188 g/mol. The van der Waals surface area contributed by atoms with Gasteiger partial charge in [0.25, 0.3) is 0 Å². The number of hydrogen-bond donors (Lipinski definition) is 2. The van der Waals surface area contributed by atoms with Gasteiger partial charge in [-0.25, -0.2) is 0 Å². The fourth-order valence-electron chi connectivity index (χ4n) is 0.523. The molecule has 0 aromatic heterocycles. The lowest BCUT2D eigenvalue weighted by Gasteiger charge is -1.95. The van der Waals surface area contributed by atoms with Crippen molar-refractivity contribution < 1.29 is 5.11 Å². The molecule has 0 aliphatic carbocycles. The Balaban J connectivity index is 3.17. The Hall–Kier alpha value is -0.700. The van der Waals surface area contributed by atoms with Crippen LogP contribution < -0.4 is 5.73 Å². The van der Waals surface area contributed by atoms with E-state index in [4.69, 9.17) is 10.8 Å². The molecule has 2 nitrogen and oxygen atoms in total. The van der Waals surface area contributed by atoms with Crippen molar-refractivity contribution in [2.24, 2.45) is 0 Å². The van der Waals surface area contributed by atoms with Crippen molar-refractivity contribution in [2.45, 2.75) is 0 Å². The first-order valence-corrected chi connectivity index (χ1v) is 3.23. The van der Waals surface area contributed by atoms with Crippen molar-refractivity contribution in [3.05, 3.63) is 22.7 Å². The SMILES string of the molecule is Nc1ccc(O)c(Br)c1. The molecule has 0 fully saturated rings. The Morgan fingerprint density at radius 2 is 2.11 bits per heavy atom. The van der Waals surface area contributed by atoms with E-state index in [-0.39, 0.29) is 5.75 Å². The fraction of sp³-hybridized carbons (Fsp3) is 0. The summed E-state index contributed by atoms with van der Waals surface area (Å²) in [6.07, 6.45) is 0. The molecule has 0 unspecified atom stereocenters. The minimum atomic E-state index is 0.212. The van der Waals surface area contributed by atoms with Gasteiger partial charge in [-0.15, -0.1) is 0 Å². The molecule has 0 saturated carbocycles. The normalized spacial score (nSPS) is 9.44. The molecule has 1 aromatic carbocycles. The third-order valence-corrected chi connectivity index (χ3v) is 1.61. The summed E-state index contributed by atoms with van der Waals surface area (Å²) in [6, 6.07) is 4.83. The summed E-state index contributed by atoms with van der Waals surface area (Å²) in [5.74, 6) is 0.212. The molecule has 0 aliphatic heterocycles. The van der Waals surface area contributed by atoms with Gasteiger partial charge in [0, 0.05) is 5.69 Å². The Bertz CT molecular complexity index is 224.